The molecule has 0 aliphatic rings. The number of hydrogen-bond donors (Lipinski definition) is 2. The van der Waals surface area contributed by atoms with Crippen molar-refractivity contribution in [1.82, 2.24) is 19.6 Å². The molecule has 2 N–H and O–H groups in total. The summed E-state index contributed by atoms with van der Waals surface area (Å²) in [5, 5.41) is 3.10. The largest absolute Gasteiger partial charge is 0.334 e. The van der Waals surface area contributed by atoms with E-state index in [1.807, 2.05) is 11.5 Å². The number of aromatic nitrogens is 2. The summed E-state index contributed by atoms with van der Waals surface area (Å²) in [5.74, 6) is 0.0983. The molecular weight excluding hydrogens is 240 g/mol. The van der Waals surface area contributed by atoms with E-state index in [9.17, 15) is 8.42 Å². The smallest absolute Gasteiger partial charge is 0.212 e. The Morgan fingerprint density at radius 3 is 2.82 bits per heavy atom. The van der Waals surface area contributed by atoms with Gasteiger partial charge in [-0.3, -0.25) is 0 Å². The van der Waals surface area contributed by atoms with Gasteiger partial charge in [-0.25, -0.2) is 18.1 Å². The van der Waals surface area contributed by atoms with Crippen molar-refractivity contribution >= 4 is 10.0 Å². The van der Waals surface area contributed by atoms with Crippen molar-refractivity contribution in [2.45, 2.75) is 26.9 Å². The molecule has 6 nitrogen and oxygen atoms in total. The number of nitrogens with one attached hydrogen (secondary N) is 2. The number of hydrogen-bond acceptors (Lipinski definition) is 4. The Hall–Kier alpha value is -0.920. The van der Waals surface area contributed by atoms with Crippen LogP contribution in [-0.4, -0.2) is 36.8 Å². The lowest BCUT2D eigenvalue weighted by Crippen LogP contribution is -2.31. The van der Waals surface area contributed by atoms with Gasteiger partial charge < -0.3 is 9.88 Å². The van der Waals surface area contributed by atoms with Crippen LogP contribution in [-0.2, 0) is 23.1 Å². The van der Waals surface area contributed by atoms with E-state index in [4.69, 9.17) is 0 Å². The Bertz CT molecular complexity index is 427. The molecule has 98 valence electrons. The third kappa shape index (κ3) is 4.84. The van der Waals surface area contributed by atoms with Gasteiger partial charge in [-0.2, -0.15) is 0 Å². The summed E-state index contributed by atoms with van der Waals surface area (Å²) < 4.78 is 27.2. The molecular formula is C10H20N4O2S. The van der Waals surface area contributed by atoms with Crippen LogP contribution in [0.2, 0.25) is 0 Å². The van der Waals surface area contributed by atoms with Crippen LogP contribution in [0.4, 0.5) is 0 Å². The number of aryl methyl sites for hydroxylation is 1. The Balaban J connectivity index is 2.29. The zero-order chi connectivity index (χ0) is 12.7. The molecule has 0 saturated heterocycles. The van der Waals surface area contributed by atoms with Crippen LogP contribution in [0.25, 0.3) is 0 Å². The molecule has 1 rings (SSSR count). The number of nitrogens with zero attached hydrogens (tertiary/aromatic N) is 2. The van der Waals surface area contributed by atoms with E-state index in [0.717, 1.165) is 12.2 Å². The lowest BCUT2D eigenvalue weighted by atomic mass is 10.4. The van der Waals surface area contributed by atoms with Crippen LogP contribution in [0.3, 0.4) is 0 Å². The molecule has 0 radical (unpaired) electrons. The molecule has 0 bridgehead atoms. The van der Waals surface area contributed by atoms with Crippen molar-refractivity contribution in [3.63, 3.8) is 0 Å². The zero-order valence-corrected chi connectivity index (χ0v) is 11.1. The average molecular weight is 260 g/mol. The molecule has 0 fully saturated rings. The molecule has 7 heteroatoms. The van der Waals surface area contributed by atoms with E-state index in [1.54, 1.807) is 19.4 Å². The SMILES string of the molecule is CCNS(=O)(=O)CCNCc1cncn1CC. The molecule has 0 atom stereocenters. The summed E-state index contributed by atoms with van der Waals surface area (Å²) in [5.41, 5.74) is 1.06. The van der Waals surface area contributed by atoms with Gasteiger partial charge in [0.05, 0.1) is 17.8 Å². The van der Waals surface area contributed by atoms with Crippen LogP contribution >= 0.6 is 0 Å². The molecule has 17 heavy (non-hydrogen) atoms. The lowest BCUT2D eigenvalue weighted by molar-refractivity contribution is 0.576. The second-order valence-electron chi connectivity index (χ2n) is 3.66. The van der Waals surface area contributed by atoms with Crippen LogP contribution in [0.5, 0.6) is 0 Å². The standard InChI is InChI=1S/C10H20N4O2S/c1-3-13-17(15,16)6-5-11-7-10-8-12-9-14(10)4-2/h8-9,11,13H,3-7H2,1-2H3. The Morgan fingerprint density at radius 2 is 2.18 bits per heavy atom. The predicted octanol–water partition coefficient (Wildman–Crippen LogP) is -0.0681. The third-order valence-corrected chi connectivity index (χ3v) is 3.83. The molecule has 0 aliphatic carbocycles. The van der Waals surface area contributed by atoms with Crippen LogP contribution in [0.15, 0.2) is 12.5 Å². The van der Waals surface area contributed by atoms with Gasteiger partial charge in [-0.15, -0.1) is 0 Å². The van der Waals surface area contributed by atoms with Gasteiger partial charge in [0, 0.05) is 32.4 Å². The monoisotopic (exact) mass is 260 g/mol. The van der Waals surface area contributed by atoms with Gasteiger partial charge in [0.25, 0.3) is 0 Å². The molecule has 1 aromatic heterocycles. The quantitative estimate of drug-likeness (QED) is 0.642. The molecule has 0 aliphatic heterocycles. The van der Waals surface area contributed by atoms with Crippen LogP contribution in [0, 0.1) is 0 Å². The van der Waals surface area contributed by atoms with E-state index >= 15 is 0 Å². The summed E-state index contributed by atoms with van der Waals surface area (Å²) in [7, 11) is -3.12. The molecule has 0 amide bonds. The fraction of sp³-hybridized carbons (Fsp3) is 0.700. The Morgan fingerprint density at radius 1 is 1.41 bits per heavy atom. The maximum absolute atomic E-state index is 11.3. The summed E-state index contributed by atoms with van der Waals surface area (Å²) >= 11 is 0. The fourth-order valence-electron chi connectivity index (χ4n) is 1.50. The van der Waals surface area contributed by atoms with Gasteiger partial charge in [0.2, 0.25) is 10.0 Å². The Kier molecular flexibility index (Phi) is 5.60. The first kappa shape index (κ1) is 14.1. The van der Waals surface area contributed by atoms with E-state index in [2.05, 4.69) is 15.0 Å². The van der Waals surface area contributed by atoms with Crippen molar-refractivity contribution < 1.29 is 8.42 Å². The van der Waals surface area contributed by atoms with Crippen LogP contribution < -0.4 is 10.0 Å². The molecule has 1 heterocycles. The highest BCUT2D eigenvalue weighted by Gasteiger charge is 2.07. The second-order valence-corrected chi connectivity index (χ2v) is 5.59. The van der Waals surface area contributed by atoms with Gasteiger partial charge in [-0.1, -0.05) is 6.92 Å². The highest BCUT2D eigenvalue weighted by atomic mass is 32.2. The summed E-state index contributed by atoms with van der Waals surface area (Å²) in [6.45, 7) is 6.18. The van der Waals surface area contributed by atoms with Crippen molar-refractivity contribution in [3.05, 3.63) is 18.2 Å². The molecule has 0 aromatic carbocycles. The van der Waals surface area contributed by atoms with E-state index in [1.165, 1.54) is 0 Å². The predicted molar refractivity (Wildman–Crippen MR) is 67.1 cm³/mol. The number of sulfonamides is 1. The maximum Gasteiger partial charge on any atom is 0.212 e. The normalized spacial score (nSPS) is 11.9. The fourth-order valence-corrected chi connectivity index (χ4v) is 2.49. The number of imidazole rings is 1. The molecule has 0 unspecified atom stereocenters. The van der Waals surface area contributed by atoms with Crippen molar-refractivity contribution in [2.24, 2.45) is 0 Å². The minimum Gasteiger partial charge on any atom is -0.334 e. The molecule has 0 spiro atoms. The van der Waals surface area contributed by atoms with Crippen molar-refractivity contribution in [2.75, 3.05) is 18.8 Å². The summed E-state index contributed by atoms with van der Waals surface area (Å²) in [4.78, 5) is 4.04. The molecule has 1 aromatic rings. The van der Waals surface area contributed by atoms with E-state index in [-0.39, 0.29) is 5.75 Å². The van der Waals surface area contributed by atoms with Gasteiger partial charge in [0.15, 0.2) is 0 Å². The van der Waals surface area contributed by atoms with Crippen molar-refractivity contribution in [1.29, 1.82) is 0 Å². The van der Waals surface area contributed by atoms with Gasteiger partial charge in [-0.05, 0) is 6.92 Å². The maximum atomic E-state index is 11.3. The van der Waals surface area contributed by atoms with E-state index < -0.39 is 10.0 Å². The first-order valence-electron chi connectivity index (χ1n) is 5.76. The first-order chi connectivity index (χ1) is 8.09. The summed E-state index contributed by atoms with van der Waals surface area (Å²) in [6.07, 6.45) is 3.56. The van der Waals surface area contributed by atoms with E-state index in [0.29, 0.717) is 19.6 Å². The second kappa shape index (κ2) is 6.73. The van der Waals surface area contributed by atoms with Crippen LogP contribution in [0.1, 0.15) is 19.5 Å². The highest BCUT2D eigenvalue weighted by molar-refractivity contribution is 7.89. The first-order valence-corrected chi connectivity index (χ1v) is 7.41. The molecule has 0 saturated carbocycles. The minimum absolute atomic E-state index is 0.0983. The minimum atomic E-state index is -3.12. The number of rotatable bonds is 8. The summed E-state index contributed by atoms with van der Waals surface area (Å²) in [6, 6.07) is 0. The highest BCUT2D eigenvalue weighted by Crippen LogP contribution is 1.97. The van der Waals surface area contributed by atoms with Crippen molar-refractivity contribution in [3.8, 4) is 0 Å². The lowest BCUT2D eigenvalue weighted by Gasteiger charge is -2.07. The van der Waals surface area contributed by atoms with Gasteiger partial charge in [0.1, 0.15) is 0 Å². The third-order valence-electron chi connectivity index (χ3n) is 2.36. The zero-order valence-electron chi connectivity index (χ0n) is 10.3. The Labute approximate surface area is 102 Å². The topological polar surface area (TPSA) is 76.0 Å². The van der Waals surface area contributed by atoms with Gasteiger partial charge >= 0.3 is 0 Å². The average Bonchev–Trinajstić information content (AvgIpc) is 2.71.